The zero-order chi connectivity index (χ0) is 16.2. The molecule has 3 rings (SSSR count). The lowest BCUT2D eigenvalue weighted by molar-refractivity contribution is -0.162. The molecule has 1 saturated heterocycles. The van der Waals surface area contributed by atoms with Crippen LogP contribution in [0.2, 0.25) is 0 Å². The highest BCUT2D eigenvalue weighted by molar-refractivity contribution is 6.09. The first-order chi connectivity index (χ1) is 10.1. The molecule has 1 aliphatic heterocycles. The van der Waals surface area contributed by atoms with E-state index in [1.807, 2.05) is 18.2 Å². The quantitative estimate of drug-likeness (QED) is 0.580. The van der Waals surface area contributed by atoms with Crippen LogP contribution in [0.4, 0.5) is 0 Å². The third-order valence-electron chi connectivity index (χ3n) is 5.00. The van der Waals surface area contributed by atoms with Crippen LogP contribution >= 0.6 is 0 Å². The van der Waals surface area contributed by atoms with Gasteiger partial charge in [-0.05, 0) is 42.2 Å². The first-order valence-electron chi connectivity index (χ1n) is 8.07. The molecule has 0 N–H and O–H groups in total. The van der Waals surface area contributed by atoms with E-state index in [1.165, 1.54) is 0 Å². The standard InChI is InChI=1S/C19H25NO2/c1-17(2)11-18(3,4)13-19(12-17)10-15(21)20(19)16(22)14-8-6-5-7-9-14/h5-9H,10-13H2,1-4H3. The molecule has 1 heterocycles. The maximum Gasteiger partial charge on any atom is 0.260 e. The van der Waals surface area contributed by atoms with Crippen LogP contribution in [0.25, 0.3) is 0 Å². The highest BCUT2D eigenvalue weighted by Crippen LogP contribution is 2.57. The third-order valence-corrected chi connectivity index (χ3v) is 5.00. The Morgan fingerprint density at radius 2 is 1.50 bits per heavy atom. The topological polar surface area (TPSA) is 37.4 Å². The number of carbonyl (C=O) groups is 2. The molecular formula is C19H25NO2. The number of imide groups is 1. The number of likely N-dealkylation sites (tertiary alicyclic amines) is 1. The number of benzene rings is 1. The molecule has 0 unspecified atom stereocenters. The maximum atomic E-state index is 12.8. The van der Waals surface area contributed by atoms with Crippen LogP contribution in [0.15, 0.2) is 30.3 Å². The first-order valence-corrected chi connectivity index (χ1v) is 8.07. The molecule has 2 fully saturated rings. The summed E-state index contributed by atoms with van der Waals surface area (Å²) in [6, 6.07) is 9.16. The molecule has 1 aromatic carbocycles. The van der Waals surface area contributed by atoms with E-state index in [-0.39, 0.29) is 28.2 Å². The Hall–Kier alpha value is -1.64. The van der Waals surface area contributed by atoms with Gasteiger partial charge in [0.25, 0.3) is 5.91 Å². The zero-order valence-corrected chi connectivity index (χ0v) is 14.0. The normalized spacial score (nSPS) is 24.9. The molecule has 118 valence electrons. The van der Waals surface area contributed by atoms with Gasteiger partial charge in [-0.3, -0.25) is 14.5 Å². The van der Waals surface area contributed by atoms with Crippen LogP contribution in [0.5, 0.6) is 0 Å². The fourth-order valence-corrected chi connectivity index (χ4v) is 5.20. The number of amides is 2. The van der Waals surface area contributed by atoms with Crippen LogP contribution < -0.4 is 0 Å². The fraction of sp³-hybridized carbons (Fsp3) is 0.579. The van der Waals surface area contributed by atoms with Gasteiger partial charge in [-0.25, -0.2) is 0 Å². The summed E-state index contributed by atoms with van der Waals surface area (Å²) >= 11 is 0. The molecule has 3 nitrogen and oxygen atoms in total. The predicted molar refractivity (Wildman–Crippen MR) is 86.4 cm³/mol. The van der Waals surface area contributed by atoms with Crippen molar-refractivity contribution in [2.24, 2.45) is 10.8 Å². The van der Waals surface area contributed by atoms with Gasteiger partial charge < -0.3 is 0 Å². The Morgan fingerprint density at radius 3 is 2.00 bits per heavy atom. The molecule has 0 atom stereocenters. The molecule has 2 amide bonds. The molecule has 3 heteroatoms. The molecule has 22 heavy (non-hydrogen) atoms. The fourth-order valence-electron chi connectivity index (χ4n) is 5.20. The smallest absolute Gasteiger partial charge is 0.260 e. The van der Waals surface area contributed by atoms with E-state index in [0.29, 0.717) is 12.0 Å². The van der Waals surface area contributed by atoms with Crippen molar-refractivity contribution >= 4 is 11.8 Å². The van der Waals surface area contributed by atoms with Gasteiger partial charge >= 0.3 is 0 Å². The van der Waals surface area contributed by atoms with Gasteiger partial charge in [0.2, 0.25) is 5.91 Å². The lowest BCUT2D eigenvalue weighted by atomic mass is 9.55. The second-order valence-electron chi connectivity index (χ2n) is 8.66. The molecular weight excluding hydrogens is 274 g/mol. The van der Waals surface area contributed by atoms with Gasteiger partial charge in [0.05, 0.1) is 12.0 Å². The van der Waals surface area contributed by atoms with E-state index in [9.17, 15) is 9.59 Å². The maximum absolute atomic E-state index is 12.8. The summed E-state index contributed by atoms with van der Waals surface area (Å²) in [5.41, 5.74) is 0.626. The van der Waals surface area contributed by atoms with Gasteiger partial charge in [0, 0.05) is 5.56 Å². The molecule has 1 spiro atoms. The Bertz CT molecular complexity index is 600. The summed E-state index contributed by atoms with van der Waals surface area (Å²) in [5, 5.41) is 0. The van der Waals surface area contributed by atoms with Crippen LogP contribution in [-0.4, -0.2) is 22.3 Å². The van der Waals surface area contributed by atoms with Gasteiger partial charge in [0.1, 0.15) is 0 Å². The summed E-state index contributed by atoms with van der Waals surface area (Å²) in [5.74, 6) is -0.160. The van der Waals surface area contributed by atoms with Crippen molar-refractivity contribution in [3.63, 3.8) is 0 Å². The minimum Gasteiger partial charge on any atom is -0.274 e. The van der Waals surface area contributed by atoms with E-state index >= 15 is 0 Å². The Labute approximate surface area is 132 Å². The van der Waals surface area contributed by atoms with Crippen LogP contribution in [0, 0.1) is 10.8 Å². The highest BCUT2D eigenvalue weighted by Gasteiger charge is 2.60. The summed E-state index contributed by atoms with van der Waals surface area (Å²) < 4.78 is 0. The van der Waals surface area contributed by atoms with Gasteiger partial charge in [-0.2, -0.15) is 0 Å². The summed E-state index contributed by atoms with van der Waals surface area (Å²) in [6.07, 6.45) is 3.46. The Kier molecular flexibility index (Phi) is 3.24. The largest absolute Gasteiger partial charge is 0.274 e. The summed E-state index contributed by atoms with van der Waals surface area (Å²) in [6.45, 7) is 9.01. The van der Waals surface area contributed by atoms with E-state index in [4.69, 9.17) is 0 Å². The van der Waals surface area contributed by atoms with Gasteiger partial charge in [-0.1, -0.05) is 45.9 Å². The molecule has 1 aliphatic carbocycles. The highest BCUT2D eigenvalue weighted by atomic mass is 16.2. The predicted octanol–water partition coefficient (Wildman–Crippen LogP) is 4.03. The van der Waals surface area contributed by atoms with E-state index in [1.54, 1.807) is 17.0 Å². The second-order valence-corrected chi connectivity index (χ2v) is 8.66. The number of nitrogens with zero attached hydrogens (tertiary/aromatic N) is 1. The molecule has 1 saturated carbocycles. The monoisotopic (exact) mass is 299 g/mol. The summed E-state index contributed by atoms with van der Waals surface area (Å²) in [4.78, 5) is 26.6. The molecule has 1 aromatic rings. The number of rotatable bonds is 1. The van der Waals surface area contributed by atoms with Crippen molar-refractivity contribution in [2.45, 2.75) is 58.9 Å². The van der Waals surface area contributed by atoms with Crippen molar-refractivity contribution in [2.75, 3.05) is 0 Å². The zero-order valence-electron chi connectivity index (χ0n) is 14.0. The van der Waals surface area contributed by atoms with Crippen LogP contribution in [0.1, 0.15) is 63.7 Å². The number of hydrogen-bond acceptors (Lipinski definition) is 2. The molecule has 0 radical (unpaired) electrons. The van der Waals surface area contributed by atoms with Gasteiger partial charge in [0.15, 0.2) is 0 Å². The average molecular weight is 299 g/mol. The van der Waals surface area contributed by atoms with Crippen LogP contribution in [0.3, 0.4) is 0 Å². The van der Waals surface area contributed by atoms with Crippen molar-refractivity contribution in [1.29, 1.82) is 0 Å². The number of β-lactam (4-membered cyclic amide) rings is 1. The van der Waals surface area contributed by atoms with E-state index < -0.39 is 0 Å². The first kappa shape index (κ1) is 15.3. The van der Waals surface area contributed by atoms with E-state index in [0.717, 1.165) is 19.3 Å². The average Bonchev–Trinajstić information content (AvgIpc) is 2.35. The lowest BCUT2D eigenvalue weighted by Crippen LogP contribution is -2.69. The SMILES string of the molecule is CC1(C)CC(C)(C)CC2(CC(=O)N2C(=O)c2ccccc2)C1. The van der Waals surface area contributed by atoms with Crippen molar-refractivity contribution < 1.29 is 9.59 Å². The van der Waals surface area contributed by atoms with E-state index in [2.05, 4.69) is 27.7 Å². The Balaban J connectivity index is 1.94. The van der Waals surface area contributed by atoms with Crippen molar-refractivity contribution in [3.05, 3.63) is 35.9 Å². The molecule has 0 bridgehead atoms. The third kappa shape index (κ3) is 2.47. The Morgan fingerprint density at radius 1 is 0.955 bits per heavy atom. The van der Waals surface area contributed by atoms with Crippen molar-refractivity contribution in [1.82, 2.24) is 4.90 Å². The number of carbonyl (C=O) groups excluding carboxylic acids is 2. The lowest BCUT2D eigenvalue weighted by Gasteiger charge is -2.60. The van der Waals surface area contributed by atoms with Gasteiger partial charge in [-0.15, -0.1) is 0 Å². The molecule has 2 aliphatic rings. The minimum atomic E-state index is -0.282. The van der Waals surface area contributed by atoms with Crippen LogP contribution in [-0.2, 0) is 4.79 Å². The summed E-state index contributed by atoms with van der Waals surface area (Å²) in [7, 11) is 0. The second kappa shape index (κ2) is 4.68. The number of hydrogen-bond donors (Lipinski definition) is 0. The van der Waals surface area contributed by atoms with Crippen molar-refractivity contribution in [3.8, 4) is 0 Å². The minimum absolute atomic E-state index is 0.0256. The molecule has 0 aromatic heterocycles.